The van der Waals surface area contributed by atoms with E-state index in [0.717, 1.165) is 28.9 Å². The topological polar surface area (TPSA) is 67.9 Å². The van der Waals surface area contributed by atoms with E-state index >= 15 is 0 Å². The number of amides is 2. The van der Waals surface area contributed by atoms with E-state index in [4.69, 9.17) is 9.47 Å². The monoisotopic (exact) mass is 430 g/mol. The van der Waals surface area contributed by atoms with Crippen LogP contribution in [0.25, 0.3) is 11.1 Å². The molecule has 0 aromatic heterocycles. The van der Waals surface area contributed by atoms with E-state index in [1.807, 2.05) is 78.9 Å². The van der Waals surface area contributed by atoms with Crippen LogP contribution in [0.15, 0.2) is 78.9 Å². The van der Waals surface area contributed by atoms with E-state index in [-0.39, 0.29) is 12.5 Å². The molecular weight excluding hydrogens is 404 g/mol. The lowest BCUT2D eigenvalue weighted by Gasteiger charge is -2.23. The van der Waals surface area contributed by atoms with Gasteiger partial charge in [-0.25, -0.2) is 4.79 Å². The van der Waals surface area contributed by atoms with Crippen LogP contribution >= 0.6 is 0 Å². The second kappa shape index (κ2) is 10.0. The lowest BCUT2D eigenvalue weighted by atomic mass is 10.0. The van der Waals surface area contributed by atoms with Crippen molar-refractivity contribution in [3.8, 4) is 16.9 Å². The molecule has 6 nitrogen and oxygen atoms in total. The molecule has 6 heteroatoms. The average molecular weight is 431 g/mol. The van der Waals surface area contributed by atoms with Gasteiger partial charge in [0.2, 0.25) is 5.91 Å². The van der Waals surface area contributed by atoms with Crippen LogP contribution in [0.5, 0.6) is 5.75 Å². The van der Waals surface area contributed by atoms with Crippen LogP contribution in [0.1, 0.15) is 18.4 Å². The highest BCUT2D eigenvalue weighted by Crippen LogP contribution is 2.26. The Hall–Kier alpha value is -3.80. The highest BCUT2D eigenvalue weighted by atomic mass is 16.6. The first-order valence-corrected chi connectivity index (χ1v) is 10.7. The fourth-order valence-electron chi connectivity index (χ4n) is 3.85. The predicted molar refractivity (Wildman–Crippen MR) is 123 cm³/mol. The van der Waals surface area contributed by atoms with E-state index in [1.165, 1.54) is 4.90 Å². The molecule has 3 aromatic rings. The standard InChI is InChI=1S/C26H26N2O4/c1-31-23-14-12-20(13-15-23)21-9-5-10-22(17-21)27-25(29)24-11-6-16-28(24)26(30)32-18-19-7-3-2-4-8-19/h2-5,7-10,12-15,17,24H,6,11,16,18H2,1H3,(H,27,29)/t24-/m0/s1. The summed E-state index contributed by atoms with van der Waals surface area (Å²) in [6, 6.07) is 24.4. The Kier molecular flexibility index (Phi) is 6.70. The van der Waals surface area contributed by atoms with Gasteiger partial charge in [0, 0.05) is 12.2 Å². The third-order valence-corrected chi connectivity index (χ3v) is 5.55. The van der Waals surface area contributed by atoms with E-state index in [2.05, 4.69) is 5.32 Å². The minimum atomic E-state index is -0.539. The first-order valence-electron chi connectivity index (χ1n) is 10.7. The lowest BCUT2D eigenvalue weighted by Crippen LogP contribution is -2.43. The Morgan fingerprint density at radius 3 is 2.50 bits per heavy atom. The van der Waals surface area contributed by atoms with Crippen molar-refractivity contribution in [1.82, 2.24) is 4.90 Å². The molecule has 2 amide bonds. The third kappa shape index (κ3) is 5.09. The summed E-state index contributed by atoms with van der Waals surface area (Å²) in [6.45, 7) is 0.700. The first kappa shape index (κ1) is 21.4. The number of hydrogen-bond acceptors (Lipinski definition) is 4. The number of carbonyl (C=O) groups excluding carboxylic acids is 2. The molecule has 32 heavy (non-hydrogen) atoms. The minimum absolute atomic E-state index is 0.189. The number of rotatable bonds is 6. The molecule has 0 unspecified atom stereocenters. The zero-order chi connectivity index (χ0) is 22.3. The van der Waals surface area contributed by atoms with Gasteiger partial charge in [0.25, 0.3) is 0 Å². The SMILES string of the molecule is COc1ccc(-c2cccc(NC(=O)[C@@H]3CCCN3C(=O)OCc3ccccc3)c2)cc1. The fraction of sp³-hybridized carbons (Fsp3) is 0.231. The predicted octanol–water partition coefficient (Wildman–Crippen LogP) is 5.10. The number of nitrogens with one attached hydrogen (secondary N) is 1. The summed E-state index contributed by atoms with van der Waals surface area (Å²) in [5, 5.41) is 2.96. The quantitative estimate of drug-likeness (QED) is 0.591. The van der Waals surface area contributed by atoms with Crippen LogP contribution in [0.3, 0.4) is 0 Å². The van der Waals surface area contributed by atoms with E-state index in [1.54, 1.807) is 7.11 Å². The number of methoxy groups -OCH3 is 1. The summed E-state index contributed by atoms with van der Waals surface area (Å²) in [4.78, 5) is 27.1. The van der Waals surface area contributed by atoms with Crippen molar-refractivity contribution in [2.75, 3.05) is 19.0 Å². The Labute approximate surface area is 187 Å². The van der Waals surface area contributed by atoms with Crippen molar-refractivity contribution < 1.29 is 19.1 Å². The molecule has 1 aliphatic rings. The van der Waals surface area contributed by atoms with Gasteiger partial charge in [0.05, 0.1) is 7.11 Å². The summed E-state index contributed by atoms with van der Waals surface area (Å²) in [5.74, 6) is 0.588. The van der Waals surface area contributed by atoms with Gasteiger partial charge in [-0.2, -0.15) is 0 Å². The third-order valence-electron chi connectivity index (χ3n) is 5.55. The van der Waals surface area contributed by atoms with Gasteiger partial charge >= 0.3 is 6.09 Å². The lowest BCUT2D eigenvalue weighted by molar-refractivity contribution is -0.120. The molecule has 0 radical (unpaired) electrons. The van der Waals surface area contributed by atoms with Gasteiger partial charge in [0.15, 0.2) is 0 Å². The minimum Gasteiger partial charge on any atom is -0.497 e. The highest BCUT2D eigenvalue weighted by Gasteiger charge is 2.35. The van der Waals surface area contributed by atoms with Crippen LogP contribution in [-0.4, -0.2) is 36.6 Å². The molecule has 0 aliphatic carbocycles. The molecule has 1 atom stereocenters. The van der Waals surface area contributed by atoms with Gasteiger partial charge in [-0.1, -0.05) is 54.6 Å². The number of hydrogen-bond donors (Lipinski definition) is 1. The molecule has 0 bridgehead atoms. The number of anilines is 1. The second-order valence-corrected chi connectivity index (χ2v) is 7.69. The second-order valence-electron chi connectivity index (χ2n) is 7.69. The van der Waals surface area contributed by atoms with E-state index in [9.17, 15) is 9.59 Å². The van der Waals surface area contributed by atoms with Crippen LogP contribution < -0.4 is 10.1 Å². The molecule has 1 aliphatic heterocycles. The first-order chi connectivity index (χ1) is 15.6. The summed E-state index contributed by atoms with van der Waals surface area (Å²) >= 11 is 0. The maximum Gasteiger partial charge on any atom is 0.410 e. The molecule has 1 N–H and O–H groups in total. The molecular formula is C26H26N2O4. The van der Waals surface area contributed by atoms with Gasteiger partial charge in [-0.15, -0.1) is 0 Å². The van der Waals surface area contributed by atoms with Crippen molar-refractivity contribution in [2.24, 2.45) is 0 Å². The largest absolute Gasteiger partial charge is 0.497 e. The normalized spacial score (nSPS) is 15.3. The summed E-state index contributed by atoms with van der Waals surface area (Å²) < 4.78 is 10.6. The Balaban J connectivity index is 1.39. The Morgan fingerprint density at radius 2 is 1.75 bits per heavy atom. The van der Waals surface area contributed by atoms with Gasteiger partial charge in [-0.05, 0) is 53.8 Å². The average Bonchev–Trinajstić information content (AvgIpc) is 3.34. The van der Waals surface area contributed by atoms with Gasteiger partial charge in [-0.3, -0.25) is 9.69 Å². The molecule has 0 saturated carbocycles. The number of likely N-dealkylation sites (tertiary alicyclic amines) is 1. The van der Waals surface area contributed by atoms with Crippen LogP contribution in [0.4, 0.5) is 10.5 Å². The molecule has 164 valence electrons. The zero-order valence-electron chi connectivity index (χ0n) is 18.0. The van der Waals surface area contributed by atoms with Crippen molar-refractivity contribution >= 4 is 17.7 Å². The van der Waals surface area contributed by atoms with Crippen LogP contribution in [0, 0.1) is 0 Å². The molecule has 1 fully saturated rings. The maximum atomic E-state index is 13.0. The summed E-state index contributed by atoms with van der Waals surface area (Å²) in [5.41, 5.74) is 3.61. The van der Waals surface area contributed by atoms with Crippen LogP contribution in [-0.2, 0) is 16.1 Å². The Morgan fingerprint density at radius 1 is 0.969 bits per heavy atom. The maximum absolute atomic E-state index is 13.0. The molecule has 0 spiro atoms. The number of nitrogens with zero attached hydrogens (tertiary/aromatic N) is 1. The molecule has 3 aromatic carbocycles. The Bertz CT molecular complexity index is 1070. The van der Waals surface area contributed by atoms with Crippen molar-refractivity contribution in [1.29, 1.82) is 0 Å². The van der Waals surface area contributed by atoms with Crippen molar-refractivity contribution in [3.05, 3.63) is 84.4 Å². The highest BCUT2D eigenvalue weighted by molar-refractivity contribution is 5.97. The molecule has 4 rings (SSSR count). The van der Waals surface area contributed by atoms with Crippen molar-refractivity contribution in [2.45, 2.75) is 25.5 Å². The number of ether oxygens (including phenoxy) is 2. The van der Waals surface area contributed by atoms with Gasteiger partial charge < -0.3 is 14.8 Å². The smallest absolute Gasteiger partial charge is 0.410 e. The summed E-state index contributed by atoms with van der Waals surface area (Å²) in [7, 11) is 1.63. The number of benzene rings is 3. The fourth-order valence-corrected chi connectivity index (χ4v) is 3.85. The van der Waals surface area contributed by atoms with E-state index < -0.39 is 12.1 Å². The van der Waals surface area contributed by atoms with E-state index in [0.29, 0.717) is 18.7 Å². The van der Waals surface area contributed by atoms with Gasteiger partial charge in [0.1, 0.15) is 18.4 Å². The zero-order valence-corrected chi connectivity index (χ0v) is 18.0. The number of carbonyl (C=O) groups is 2. The summed E-state index contributed by atoms with van der Waals surface area (Å²) in [6.07, 6.45) is 0.924. The molecule has 1 heterocycles. The molecule has 1 saturated heterocycles. The van der Waals surface area contributed by atoms with Crippen LogP contribution in [0.2, 0.25) is 0 Å². The van der Waals surface area contributed by atoms with Crippen molar-refractivity contribution in [3.63, 3.8) is 0 Å².